The van der Waals surface area contributed by atoms with Crippen molar-refractivity contribution in [1.82, 2.24) is 9.97 Å². The lowest BCUT2D eigenvalue weighted by Crippen LogP contribution is -2.34. The number of aliphatic imine (C=N–C) groups is 1. The summed E-state index contributed by atoms with van der Waals surface area (Å²) in [6, 6.07) is 4.18. The molecule has 168 valence electrons. The Labute approximate surface area is 181 Å². The van der Waals surface area contributed by atoms with Crippen LogP contribution in [0.15, 0.2) is 35.7 Å². The molecule has 2 aromatic rings. The smallest absolute Gasteiger partial charge is 0.261 e. The van der Waals surface area contributed by atoms with Gasteiger partial charge in [-0.1, -0.05) is 0 Å². The number of fused-ring (bicyclic) bond motifs is 3. The van der Waals surface area contributed by atoms with Crippen LogP contribution >= 0.6 is 0 Å². The third-order valence-electron chi connectivity index (χ3n) is 5.18. The Morgan fingerprint density at radius 1 is 1.19 bits per heavy atom. The Kier molecular flexibility index (Phi) is 7.24. The van der Waals surface area contributed by atoms with E-state index in [0.29, 0.717) is 25.0 Å². The van der Waals surface area contributed by atoms with Crippen LogP contribution in [0.3, 0.4) is 0 Å². The van der Waals surface area contributed by atoms with Gasteiger partial charge in [-0.25, -0.2) is 0 Å². The van der Waals surface area contributed by atoms with Crippen LogP contribution in [-0.4, -0.2) is 65.9 Å². The molecule has 1 aromatic carbocycles. The maximum atomic E-state index is 10.2. The van der Waals surface area contributed by atoms with Crippen LogP contribution in [0, 0.1) is 0 Å². The van der Waals surface area contributed by atoms with Crippen LogP contribution in [0.5, 0.6) is 11.5 Å². The first kappa shape index (κ1) is 23.1. The molecular weight excluding hydrogens is 422 g/mol. The van der Waals surface area contributed by atoms with Gasteiger partial charge in [-0.2, -0.15) is 8.42 Å². The zero-order chi connectivity index (χ0) is 22.6. The Bertz CT molecular complexity index is 1030. The van der Waals surface area contributed by atoms with E-state index in [9.17, 15) is 13.5 Å². The van der Waals surface area contributed by atoms with Gasteiger partial charge in [-0.15, -0.1) is 0 Å². The summed E-state index contributed by atoms with van der Waals surface area (Å²) < 4.78 is 37.2. The van der Waals surface area contributed by atoms with Gasteiger partial charge in [0.25, 0.3) is 10.1 Å². The highest BCUT2D eigenvalue weighted by Gasteiger charge is 2.37. The minimum atomic E-state index is -3.67. The molecule has 1 aliphatic carbocycles. The molecule has 0 bridgehead atoms. The molecule has 2 N–H and O–H groups in total. The molecule has 0 saturated heterocycles. The molecule has 0 amide bonds. The first-order valence-electron chi connectivity index (χ1n) is 10.0. The van der Waals surface area contributed by atoms with E-state index in [1.165, 1.54) is 0 Å². The zero-order valence-corrected chi connectivity index (χ0v) is 18.5. The van der Waals surface area contributed by atoms with Crippen molar-refractivity contribution < 1.29 is 27.6 Å². The van der Waals surface area contributed by atoms with Gasteiger partial charge in [-0.3, -0.25) is 19.5 Å². The van der Waals surface area contributed by atoms with Gasteiger partial charge in [0.05, 0.1) is 44.0 Å². The average molecular weight is 450 g/mol. The highest BCUT2D eigenvalue weighted by molar-refractivity contribution is 7.85. The lowest BCUT2D eigenvalue weighted by molar-refractivity contribution is 0.111. The summed E-state index contributed by atoms with van der Waals surface area (Å²) in [5, 5.41) is 10.2. The molecule has 4 rings (SSSR count). The second-order valence-corrected chi connectivity index (χ2v) is 8.93. The maximum absolute atomic E-state index is 10.2. The summed E-state index contributed by atoms with van der Waals surface area (Å²) >= 11 is 0. The standard InChI is InChI=1S/C20H23N3O3.CH4O3S/c1-3-26-19-9-13-14-8-12(24)4-5-16(14)23-20(15(13)10-18(19)25-2)17-11-21-6-7-22-17;1-5(2,3)4/h6-7,9-12,14,16,24H,3-5,8H2,1-2H3;1H3,(H,2,3,4)/t12-,14-,16-;/m1./s1. The summed E-state index contributed by atoms with van der Waals surface area (Å²) in [4.78, 5) is 13.7. The first-order chi connectivity index (χ1) is 14.7. The number of rotatable bonds is 4. The van der Waals surface area contributed by atoms with E-state index in [1.807, 2.05) is 13.0 Å². The number of hydrogen-bond acceptors (Lipinski definition) is 8. The summed E-state index contributed by atoms with van der Waals surface area (Å²) in [5.41, 5.74) is 3.73. The molecule has 1 fully saturated rings. The van der Waals surface area contributed by atoms with Gasteiger partial charge in [0.15, 0.2) is 11.5 Å². The van der Waals surface area contributed by atoms with Crippen molar-refractivity contribution in [3.8, 4) is 11.5 Å². The number of nitrogens with zero attached hydrogens (tertiary/aromatic N) is 3. The minimum Gasteiger partial charge on any atom is -0.493 e. The van der Waals surface area contributed by atoms with Gasteiger partial charge >= 0.3 is 0 Å². The first-order valence-corrected chi connectivity index (χ1v) is 11.9. The number of hydrogen-bond donors (Lipinski definition) is 2. The van der Waals surface area contributed by atoms with E-state index < -0.39 is 10.1 Å². The summed E-state index contributed by atoms with van der Waals surface area (Å²) in [6.45, 7) is 2.52. The van der Waals surface area contributed by atoms with Crippen molar-refractivity contribution in [1.29, 1.82) is 0 Å². The second kappa shape index (κ2) is 9.71. The highest BCUT2D eigenvalue weighted by Crippen LogP contribution is 2.44. The predicted octanol–water partition coefficient (Wildman–Crippen LogP) is 2.24. The third-order valence-corrected chi connectivity index (χ3v) is 5.18. The summed E-state index contributed by atoms with van der Waals surface area (Å²) in [5.74, 6) is 1.59. The quantitative estimate of drug-likeness (QED) is 0.680. The molecular formula is C21H27N3O6S. The van der Waals surface area contributed by atoms with Gasteiger partial charge in [0, 0.05) is 23.9 Å². The zero-order valence-electron chi connectivity index (χ0n) is 17.7. The van der Waals surface area contributed by atoms with Gasteiger partial charge in [0.1, 0.15) is 5.69 Å². The molecule has 1 saturated carbocycles. The van der Waals surface area contributed by atoms with E-state index in [-0.39, 0.29) is 18.1 Å². The number of ether oxygens (including phenoxy) is 2. The summed E-state index contributed by atoms with van der Waals surface area (Å²) in [6.07, 6.45) is 7.87. The van der Waals surface area contributed by atoms with Crippen molar-refractivity contribution >= 4 is 15.8 Å². The SMILES string of the molecule is CCOc1cc2c(cc1OC)C(c1cnccn1)=N[C@@H]1CC[C@@H](O)C[C@H]21.CS(=O)(=O)O. The molecule has 1 aliphatic heterocycles. The lowest BCUT2D eigenvalue weighted by atomic mass is 9.74. The maximum Gasteiger partial charge on any atom is 0.261 e. The molecule has 0 radical (unpaired) electrons. The molecule has 10 heteroatoms. The Morgan fingerprint density at radius 2 is 1.94 bits per heavy atom. The van der Waals surface area contributed by atoms with E-state index in [4.69, 9.17) is 19.0 Å². The second-order valence-electron chi connectivity index (χ2n) is 7.47. The fourth-order valence-corrected chi connectivity index (χ4v) is 4.00. The fraction of sp³-hybridized carbons (Fsp3) is 0.476. The molecule has 9 nitrogen and oxygen atoms in total. The topological polar surface area (TPSA) is 131 Å². The van der Waals surface area contributed by atoms with Crippen LogP contribution in [0.25, 0.3) is 0 Å². The molecule has 0 unspecified atom stereocenters. The molecule has 3 atom stereocenters. The van der Waals surface area contributed by atoms with Gasteiger partial charge in [0.2, 0.25) is 0 Å². The average Bonchev–Trinajstić information content (AvgIpc) is 2.72. The van der Waals surface area contributed by atoms with Crippen LogP contribution < -0.4 is 9.47 Å². The Hall–Kier alpha value is -2.56. The minimum absolute atomic E-state index is 0.144. The van der Waals surface area contributed by atoms with E-state index in [1.54, 1.807) is 25.7 Å². The van der Waals surface area contributed by atoms with Crippen LogP contribution in [0.4, 0.5) is 0 Å². The van der Waals surface area contributed by atoms with Gasteiger partial charge < -0.3 is 14.6 Å². The molecule has 0 spiro atoms. The van der Waals surface area contributed by atoms with Crippen LogP contribution in [0.1, 0.15) is 48.9 Å². The third kappa shape index (κ3) is 5.78. The Morgan fingerprint density at radius 3 is 2.55 bits per heavy atom. The molecule has 31 heavy (non-hydrogen) atoms. The number of benzene rings is 1. The van der Waals surface area contributed by atoms with E-state index in [0.717, 1.165) is 41.1 Å². The molecule has 2 aliphatic rings. The monoisotopic (exact) mass is 449 g/mol. The number of aliphatic hydroxyl groups is 1. The fourth-order valence-electron chi connectivity index (χ4n) is 4.00. The van der Waals surface area contributed by atoms with E-state index >= 15 is 0 Å². The summed E-state index contributed by atoms with van der Waals surface area (Å²) in [7, 11) is -2.03. The normalized spacial score (nSPS) is 22.2. The van der Waals surface area contributed by atoms with E-state index in [2.05, 4.69) is 16.0 Å². The van der Waals surface area contributed by atoms with Crippen molar-refractivity contribution in [3.05, 3.63) is 47.5 Å². The van der Waals surface area contributed by atoms with Crippen molar-refractivity contribution in [2.45, 2.75) is 44.2 Å². The van der Waals surface area contributed by atoms with Crippen molar-refractivity contribution in [2.75, 3.05) is 20.0 Å². The van der Waals surface area contributed by atoms with Crippen molar-refractivity contribution in [2.24, 2.45) is 4.99 Å². The number of aromatic nitrogens is 2. The van der Waals surface area contributed by atoms with Crippen LogP contribution in [-0.2, 0) is 10.1 Å². The Balaban J connectivity index is 0.000000491. The molecule has 2 heterocycles. The van der Waals surface area contributed by atoms with Crippen molar-refractivity contribution in [3.63, 3.8) is 0 Å². The largest absolute Gasteiger partial charge is 0.493 e. The number of methoxy groups -OCH3 is 1. The molecule has 1 aromatic heterocycles. The van der Waals surface area contributed by atoms with Gasteiger partial charge in [-0.05, 0) is 43.9 Å². The lowest BCUT2D eigenvalue weighted by Gasteiger charge is -2.37. The predicted molar refractivity (Wildman–Crippen MR) is 116 cm³/mol. The number of aliphatic hydroxyl groups excluding tert-OH is 1. The van der Waals surface area contributed by atoms with Crippen LogP contribution in [0.2, 0.25) is 0 Å². The highest BCUT2D eigenvalue weighted by atomic mass is 32.2.